The van der Waals surface area contributed by atoms with Crippen molar-refractivity contribution >= 4 is 22.4 Å². The number of para-hydroxylation sites is 2. The highest BCUT2D eigenvalue weighted by Crippen LogP contribution is 2.32. The Labute approximate surface area is 178 Å². The summed E-state index contributed by atoms with van der Waals surface area (Å²) >= 11 is 0. The SMILES string of the molecule is O=C(c1ccc(Oc2nccnc2C2=CC[C@@H](O)CC2)cc1)c1nc2ccccc2[nH]1. The van der Waals surface area contributed by atoms with Gasteiger partial charge in [0.2, 0.25) is 11.7 Å². The highest BCUT2D eigenvalue weighted by Gasteiger charge is 2.19. The van der Waals surface area contributed by atoms with Crippen LogP contribution in [0.1, 0.15) is 41.1 Å². The fourth-order valence-corrected chi connectivity index (χ4v) is 3.64. The Balaban J connectivity index is 1.36. The van der Waals surface area contributed by atoms with Crippen molar-refractivity contribution in [1.82, 2.24) is 19.9 Å². The summed E-state index contributed by atoms with van der Waals surface area (Å²) in [4.78, 5) is 29.0. The summed E-state index contributed by atoms with van der Waals surface area (Å²) in [5.74, 6) is 1.08. The number of allylic oxidation sites excluding steroid dienone is 1. The number of rotatable bonds is 5. The molecule has 0 fully saturated rings. The van der Waals surface area contributed by atoms with Crippen LogP contribution in [0.2, 0.25) is 0 Å². The summed E-state index contributed by atoms with van der Waals surface area (Å²) in [7, 11) is 0. The molecule has 0 unspecified atom stereocenters. The molecule has 1 aliphatic carbocycles. The third kappa shape index (κ3) is 3.95. The first kappa shape index (κ1) is 19.1. The maximum absolute atomic E-state index is 12.8. The van der Waals surface area contributed by atoms with Crippen molar-refractivity contribution in [3.63, 3.8) is 0 Å². The normalized spacial score (nSPS) is 16.2. The van der Waals surface area contributed by atoms with E-state index >= 15 is 0 Å². The van der Waals surface area contributed by atoms with Gasteiger partial charge in [-0.05, 0) is 61.2 Å². The molecule has 0 radical (unpaired) electrons. The molecule has 7 nitrogen and oxygen atoms in total. The minimum absolute atomic E-state index is 0.186. The van der Waals surface area contributed by atoms with Gasteiger partial charge in [-0.2, -0.15) is 0 Å². The molecule has 2 heterocycles. The van der Waals surface area contributed by atoms with E-state index in [1.807, 2.05) is 30.3 Å². The van der Waals surface area contributed by atoms with Crippen molar-refractivity contribution in [1.29, 1.82) is 0 Å². The second-order valence-electron chi connectivity index (χ2n) is 7.43. The van der Waals surface area contributed by atoms with Gasteiger partial charge in [0, 0.05) is 18.0 Å². The zero-order chi connectivity index (χ0) is 21.2. The summed E-state index contributed by atoms with van der Waals surface area (Å²) < 4.78 is 5.97. The summed E-state index contributed by atoms with van der Waals surface area (Å²) in [5.41, 5.74) is 3.78. The largest absolute Gasteiger partial charge is 0.437 e. The van der Waals surface area contributed by atoms with E-state index in [1.54, 1.807) is 36.7 Å². The van der Waals surface area contributed by atoms with E-state index in [0.29, 0.717) is 41.6 Å². The molecule has 1 atom stereocenters. The number of aromatic nitrogens is 4. The first-order valence-electron chi connectivity index (χ1n) is 10.1. The predicted molar refractivity (Wildman–Crippen MR) is 116 cm³/mol. The molecule has 2 N–H and O–H groups in total. The van der Waals surface area contributed by atoms with Crippen LogP contribution in [0.3, 0.4) is 0 Å². The van der Waals surface area contributed by atoms with Crippen molar-refractivity contribution in [3.8, 4) is 11.6 Å². The number of imidazole rings is 1. The number of carbonyl (C=O) groups excluding carboxylic acids is 1. The zero-order valence-electron chi connectivity index (χ0n) is 16.7. The minimum atomic E-state index is -0.304. The number of aliphatic hydroxyl groups excluding tert-OH is 1. The summed E-state index contributed by atoms with van der Waals surface area (Å²) in [6, 6.07) is 14.4. The first-order valence-corrected chi connectivity index (χ1v) is 10.1. The van der Waals surface area contributed by atoms with E-state index in [2.05, 4.69) is 19.9 Å². The lowest BCUT2D eigenvalue weighted by molar-refractivity contribution is 0.103. The molecular formula is C24H20N4O3. The maximum Gasteiger partial charge on any atom is 0.245 e. The van der Waals surface area contributed by atoms with Gasteiger partial charge in [0.05, 0.1) is 17.1 Å². The number of nitrogens with one attached hydrogen (secondary N) is 1. The minimum Gasteiger partial charge on any atom is -0.437 e. The fraction of sp³-hybridized carbons (Fsp3) is 0.167. The van der Waals surface area contributed by atoms with Crippen LogP contribution in [0.15, 0.2) is 67.0 Å². The standard InChI is InChI=1S/C24H20N4O3/c29-17-9-5-15(6-10-17)21-24(26-14-13-25-21)31-18-11-7-16(8-12-18)22(30)23-27-19-3-1-2-4-20(19)28-23/h1-5,7-8,11-14,17,29H,6,9-10H2,(H,27,28)/t17-/m1/s1. The summed E-state index contributed by atoms with van der Waals surface area (Å²) in [5, 5.41) is 9.73. The molecule has 0 amide bonds. The van der Waals surface area contributed by atoms with Gasteiger partial charge in [0.15, 0.2) is 5.82 Å². The van der Waals surface area contributed by atoms with Gasteiger partial charge in [0.1, 0.15) is 11.4 Å². The lowest BCUT2D eigenvalue weighted by atomic mass is 9.95. The van der Waals surface area contributed by atoms with Crippen molar-refractivity contribution in [2.24, 2.45) is 0 Å². The number of aliphatic hydroxyl groups is 1. The van der Waals surface area contributed by atoms with Crippen molar-refractivity contribution < 1.29 is 14.6 Å². The van der Waals surface area contributed by atoms with E-state index in [-0.39, 0.29) is 11.9 Å². The third-order valence-electron chi connectivity index (χ3n) is 5.29. The lowest BCUT2D eigenvalue weighted by Crippen LogP contribution is -2.10. The molecule has 7 heteroatoms. The average Bonchev–Trinajstić information content (AvgIpc) is 3.25. The quantitative estimate of drug-likeness (QED) is 0.474. The van der Waals surface area contributed by atoms with Crippen molar-refractivity contribution in [3.05, 3.63) is 84.1 Å². The van der Waals surface area contributed by atoms with E-state index in [4.69, 9.17) is 4.74 Å². The number of fused-ring (bicyclic) bond motifs is 1. The fourth-order valence-electron chi connectivity index (χ4n) is 3.64. The maximum atomic E-state index is 12.8. The molecule has 0 saturated carbocycles. The highest BCUT2D eigenvalue weighted by atomic mass is 16.5. The number of hydrogen-bond donors (Lipinski definition) is 2. The topological polar surface area (TPSA) is 101 Å². The molecule has 0 saturated heterocycles. The number of benzene rings is 2. The predicted octanol–water partition coefficient (Wildman–Crippen LogP) is 4.30. The Morgan fingerprint density at radius 2 is 1.87 bits per heavy atom. The van der Waals surface area contributed by atoms with Gasteiger partial charge in [-0.3, -0.25) is 4.79 Å². The molecule has 2 aromatic heterocycles. The van der Waals surface area contributed by atoms with E-state index in [9.17, 15) is 9.90 Å². The molecule has 0 aliphatic heterocycles. The number of hydrogen-bond acceptors (Lipinski definition) is 6. The smallest absolute Gasteiger partial charge is 0.245 e. The van der Waals surface area contributed by atoms with Gasteiger partial charge in [-0.25, -0.2) is 15.0 Å². The van der Waals surface area contributed by atoms with Gasteiger partial charge < -0.3 is 14.8 Å². The molecular weight excluding hydrogens is 392 g/mol. The van der Waals surface area contributed by atoms with Crippen LogP contribution in [0, 0.1) is 0 Å². The number of aromatic amines is 1. The molecule has 31 heavy (non-hydrogen) atoms. The monoisotopic (exact) mass is 412 g/mol. The number of H-pyrrole nitrogens is 1. The Morgan fingerprint density at radius 1 is 1.06 bits per heavy atom. The lowest BCUT2D eigenvalue weighted by Gasteiger charge is -2.18. The van der Waals surface area contributed by atoms with Gasteiger partial charge in [0.25, 0.3) is 0 Å². The molecule has 2 aromatic carbocycles. The van der Waals surface area contributed by atoms with Gasteiger partial charge in [-0.15, -0.1) is 0 Å². The van der Waals surface area contributed by atoms with Gasteiger partial charge >= 0.3 is 0 Å². The van der Waals surface area contributed by atoms with E-state index < -0.39 is 0 Å². The number of carbonyl (C=O) groups is 1. The number of nitrogens with zero attached hydrogens (tertiary/aromatic N) is 3. The van der Waals surface area contributed by atoms with Crippen LogP contribution < -0.4 is 4.74 Å². The van der Waals surface area contributed by atoms with Crippen LogP contribution in [0.5, 0.6) is 11.6 Å². The molecule has 5 rings (SSSR count). The van der Waals surface area contributed by atoms with Crippen molar-refractivity contribution in [2.45, 2.75) is 25.4 Å². The second kappa shape index (κ2) is 8.12. The number of ether oxygens (including phenoxy) is 1. The highest BCUT2D eigenvalue weighted by molar-refractivity contribution is 6.08. The van der Waals surface area contributed by atoms with Crippen LogP contribution in [-0.2, 0) is 0 Å². The Kier molecular flexibility index (Phi) is 5.01. The van der Waals surface area contributed by atoms with Gasteiger partial charge in [-0.1, -0.05) is 18.2 Å². The van der Waals surface area contributed by atoms with E-state index in [0.717, 1.165) is 23.0 Å². The molecule has 4 aromatic rings. The average molecular weight is 412 g/mol. The second-order valence-corrected chi connectivity index (χ2v) is 7.43. The van der Waals surface area contributed by atoms with Crippen LogP contribution in [-0.4, -0.2) is 36.9 Å². The zero-order valence-corrected chi connectivity index (χ0v) is 16.7. The Morgan fingerprint density at radius 3 is 2.65 bits per heavy atom. The Bertz CT molecular complexity index is 1240. The Hall–Kier alpha value is -3.84. The molecule has 0 bridgehead atoms. The summed E-state index contributed by atoms with van der Waals surface area (Å²) in [6.07, 6.45) is 6.91. The van der Waals surface area contributed by atoms with Crippen LogP contribution in [0.4, 0.5) is 0 Å². The van der Waals surface area contributed by atoms with Crippen LogP contribution >= 0.6 is 0 Å². The first-order chi connectivity index (χ1) is 15.2. The molecule has 154 valence electrons. The van der Waals surface area contributed by atoms with Crippen molar-refractivity contribution in [2.75, 3.05) is 0 Å². The third-order valence-corrected chi connectivity index (χ3v) is 5.29. The number of ketones is 1. The summed E-state index contributed by atoms with van der Waals surface area (Å²) in [6.45, 7) is 0. The van der Waals surface area contributed by atoms with E-state index in [1.165, 1.54) is 0 Å². The molecule has 1 aliphatic rings. The van der Waals surface area contributed by atoms with Crippen LogP contribution in [0.25, 0.3) is 16.6 Å². The molecule has 0 spiro atoms.